The van der Waals surface area contributed by atoms with Gasteiger partial charge in [-0.15, -0.1) is 0 Å². The molecule has 2 saturated heterocycles. The molecule has 41 heavy (non-hydrogen) atoms. The predicted molar refractivity (Wildman–Crippen MR) is 152 cm³/mol. The van der Waals surface area contributed by atoms with Gasteiger partial charge < -0.3 is 4.90 Å². The van der Waals surface area contributed by atoms with Crippen LogP contribution in [0.4, 0.5) is 8.78 Å². The molecule has 0 unspecified atom stereocenters. The number of halogens is 2. The number of hydrogen-bond acceptors (Lipinski definition) is 4. The second-order valence-corrected chi connectivity index (χ2v) is 11.0. The Morgan fingerprint density at radius 2 is 1.66 bits per heavy atom. The molecule has 0 bridgehead atoms. The molecular formula is C33H31F2N5O. The van der Waals surface area contributed by atoms with Crippen LogP contribution in [0.5, 0.6) is 0 Å². The van der Waals surface area contributed by atoms with Crippen molar-refractivity contribution < 1.29 is 13.6 Å². The normalized spacial score (nSPS) is 18.0. The molecule has 8 heteroatoms. The van der Waals surface area contributed by atoms with Gasteiger partial charge in [0.25, 0.3) is 5.91 Å². The van der Waals surface area contributed by atoms with Crippen molar-refractivity contribution in [1.82, 2.24) is 19.6 Å². The highest BCUT2D eigenvalue weighted by atomic mass is 19.1. The van der Waals surface area contributed by atoms with Crippen LogP contribution in [0.25, 0.3) is 5.69 Å². The summed E-state index contributed by atoms with van der Waals surface area (Å²) < 4.78 is 30.2. The molecule has 2 aliphatic heterocycles. The van der Waals surface area contributed by atoms with E-state index in [-0.39, 0.29) is 23.4 Å². The maximum absolute atomic E-state index is 15.0. The van der Waals surface area contributed by atoms with Crippen molar-refractivity contribution >= 4 is 5.91 Å². The van der Waals surface area contributed by atoms with Crippen molar-refractivity contribution in [2.45, 2.75) is 37.6 Å². The zero-order valence-corrected chi connectivity index (χ0v) is 22.7. The Bertz CT molecular complexity index is 1570. The molecule has 3 aromatic carbocycles. The van der Waals surface area contributed by atoms with Crippen LogP contribution < -0.4 is 0 Å². The van der Waals surface area contributed by atoms with Gasteiger partial charge in [-0.05, 0) is 67.7 Å². The van der Waals surface area contributed by atoms with E-state index in [2.05, 4.69) is 28.2 Å². The molecule has 0 aliphatic carbocycles. The maximum Gasteiger partial charge on any atom is 0.257 e. The standard InChI is InChI=1S/C33H31F2N5O/c34-28-10-11-31(30(35)18-28)40-32(26-12-15-38(16-13-26)21-24-8-6-23(19-36)7-9-24)29(20-37-40)33(41)39-17-14-27(22-39)25-4-2-1-3-5-25/h1-11,18,20,26-27H,12-17,21-22H2/t27-/m0/s1. The Labute approximate surface area is 238 Å². The van der Waals surface area contributed by atoms with Gasteiger partial charge in [-0.3, -0.25) is 9.69 Å². The van der Waals surface area contributed by atoms with E-state index in [4.69, 9.17) is 5.26 Å². The van der Waals surface area contributed by atoms with E-state index in [0.717, 1.165) is 50.5 Å². The number of benzene rings is 3. The summed E-state index contributed by atoms with van der Waals surface area (Å²) in [5.74, 6) is -1.19. The van der Waals surface area contributed by atoms with Crippen LogP contribution in [-0.4, -0.2) is 51.7 Å². The SMILES string of the molecule is N#Cc1ccc(CN2CCC(c3c(C(=O)N4CC[C@H](c5ccccc5)C4)cnn3-c3ccc(F)cc3F)CC2)cc1. The van der Waals surface area contributed by atoms with Gasteiger partial charge in [0.15, 0.2) is 5.82 Å². The van der Waals surface area contributed by atoms with Crippen LogP contribution in [0.1, 0.15) is 63.8 Å². The topological polar surface area (TPSA) is 65.2 Å². The number of likely N-dealkylation sites (tertiary alicyclic amines) is 2. The first-order valence-corrected chi connectivity index (χ1v) is 14.1. The van der Waals surface area contributed by atoms with Crippen molar-refractivity contribution in [3.8, 4) is 11.8 Å². The van der Waals surface area contributed by atoms with Crippen LogP contribution in [0.15, 0.2) is 79.0 Å². The van der Waals surface area contributed by atoms with E-state index in [9.17, 15) is 13.6 Å². The number of amides is 1. The third kappa shape index (κ3) is 5.63. The smallest absolute Gasteiger partial charge is 0.257 e. The molecule has 4 aromatic rings. The van der Waals surface area contributed by atoms with Gasteiger partial charge in [-0.25, -0.2) is 13.5 Å². The van der Waals surface area contributed by atoms with E-state index >= 15 is 0 Å². The van der Waals surface area contributed by atoms with Gasteiger partial charge in [0.2, 0.25) is 0 Å². The maximum atomic E-state index is 15.0. The monoisotopic (exact) mass is 551 g/mol. The molecule has 1 amide bonds. The van der Waals surface area contributed by atoms with E-state index in [1.54, 1.807) is 6.20 Å². The molecule has 0 saturated carbocycles. The molecule has 0 radical (unpaired) electrons. The van der Waals surface area contributed by atoms with Crippen LogP contribution in [0.2, 0.25) is 0 Å². The van der Waals surface area contributed by atoms with Gasteiger partial charge >= 0.3 is 0 Å². The largest absolute Gasteiger partial charge is 0.338 e. The summed E-state index contributed by atoms with van der Waals surface area (Å²) in [6, 6.07) is 23.5. The number of carbonyl (C=O) groups excluding carboxylic acids is 1. The highest BCUT2D eigenvalue weighted by Crippen LogP contribution is 2.35. The molecule has 1 aromatic heterocycles. The zero-order chi connectivity index (χ0) is 28.3. The summed E-state index contributed by atoms with van der Waals surface area (Å²) in [5, 5.41) is 13.6. The number of piperidine rings is 1. The number of nitriles is 1. The fourth-order valence-corrected chi connectivity index (χ4v) is 6.18. The number of nitrogens with zero attached hydrogens (tertiary/aromatic N) is 5. The Kier molecular flexibility index (Phi) is 7.62. The molecular weight excluding hydrogens is 520 g/mol. The van der Waals surface area contributed by atoms with Crippen molar-refractivity contribution in [1.29, 1.82) is 5.26 Å². The van der Waals surface area contributed by atoms with Crippen molar-refractivity contribution in [2.24, 2.45) is 0 Å². The van der Waals surface area contributed by atoms with Gasteiger partial charge in [0, 0.05) is 37.5 Å². The minimum Gasteiger partial charge on any atom is -0.338 e. The van der Waals surface area contributed by atoms with E-state index < -0.39 is 11.6 Å². The van der Waals surface area contributed by atoms with Crippen LogP contribution >= 0.6 is 0 Å². The quantitative estimate of drug-likeness (QED) is 0.294. The lowest BCUT2D eigenvalue weighted by atomic mass is 9.90. The predicted octanol–water partition coefficient (Wildman–Crippen LogP) is 6.03. The minimum atomic E-state index is -0.711. The fourth-order valence-electron chi connectivity index (χ4n) is 6.18. The number of carbonyl (C=O) groups is 1. The number of hydrogen-bond donors (Lipinski definition) is 0. The van der Waals surface area contributed by atoms with E-state index in [0.29, 0.717) is 29.9 Å². The fraction of sp³-hybridized carbons (Fsp3) is 0.303. The average molecular weight is 552 g/mol. The molecule has 2 fully saturated rings. The molecule has 2 aliphatic rings. The molecule has 1 atom stereocenters. The highest BCUT2D eigenvalue weighted by molar-refractivity contribution is 5.95. The highest BCUT2D eigenvalue weighted by Gasteiger charge is 2.34. The molecule has 6 rings (SSSR count). The molecule has 208 valence electrons. The lowest BCUT2D eigenvalue weighted by Crippen LogP contribution is -2.34. The van der Waals surface area contributed by atoms with Crippen LogP contribution in [-0.2, 0) is 6.54 Å². The molecule has 0 N–H and O–H groups in total. The number of rotatable bonds is 6. The Balaban J connectivity index is 1.25. The lowest BCUT2D eigenvalue weighted by Gasteiger charge is -2.33. The first-order valence-electron chi connectivity index (χ1n) is 14.1. The van der Waals surface area contributed by atoms with Crippen LogP contribution in [0.3, 0.4) is 0 Å². The van der Waals surface area contributed by atoms with Gasteiger partial charge in [-0.1, -0.05) is 42.5 Å². The summed E-state index contributed by atoms with van der Waals surface area (Å²) in [7, 11) is 0. The van der Waals surface area contributed by atoms with Gasteiger partial charge in [0.1, 0.15) is 11.5 Å². The lowest BCUT2D eigenvalue weighted by molar-refractivity contribution is 0.0788. The third-order valence-electron chi connectivity index (χ3n) is 8.38. The number of aromatic nitrogens is 2. The summed E-state index contributed by atoms with van der Waals surface area (Å²) in [4.78, 5) is 18.1. The van der Waals surface area contributed by atoms with Crippen molar-refractivity contribution in [3.05, 3.63) is 119 Å². The Morgan fingerprint density at radius 3 is 2.37 bits per heavy atom. The summed E-state index contributed by atoms with van der Waals surface area (Å²) in [6.07, 6.45) is 3.99. The Hall–Kier alpha value is -4.35. The van der Waals surface area contributed by atoms with Crippen LogP contribution in [0, 0.1) is 23.0 Å². The van der Waals surface area contributed by atoms with Gasteiger partial charge in [0.05, 0.1) is 29.1 Å². The molecule has 3 heterocycles. The molecule has 6 nitrogen and oxygen atoms in total. The Morgan fingerprint density at radius 1 is 0.927 bits per heavy atom. The van der Waals surface area contributed by atoms with E-state index in [1.807, 2.05) is 47.4 Å². The molecule has 0 spiro atoms. The van der Waals surface area contributed by atoms with E-state index in [1.165, 1.54) is 22.4 Å². The second-order valence-electron chi connectivity index (χ2n) is 11.0. The zero-order valence-electron chi connectivity index (χ0n) is 22.7. The summed E-state index contributed by atoms with van der Waals surface area (Å²) >= 11 is 0. The summed E-state index contributed by atoms with van der Waals surface area (Å²) in [5.41, 5.74) is 4.33. The summed E-state index contributed by atoms with van der Waals surface area (Å²) in [6.45, 7) is 3.65. The first-order chi connectivity index (χ1) is 20.0. The first kappa shape index (κ1) is 26.9. The minimum absolute atomic E-state index is 0.00867. The average Bonchev–Trinajstić information content (AvgIpc) is 3.67. The van der Waals surface area contributed by atoms with Crippen molar-refractivity contribution in [3.63, 3.8) is 0 Å². The second kappa shape index (κ2) is 11.6. The third-order valence-corrected chi connectivity index (χ3v) is 8.38. The van der Waals surface area contributed by atoms with Crippen molar-refractivity contribution in [2.75, 3.05) is 26.2 Å². The van der Waals surface area contributed by atoms with Gasteiger partial charge in [-0.2, -0.15) is 10.4 Å².